The van der Waals surface area contributed by atoms with Gasteiger partial charge in [0.25, 0.3) is 0 Å². The van der Waals surface area contributed by atoms with Crippen molar-refractivity contribution in [1.29, 1.82) is 0 Å². The molecule has 1 aromatic rings. The number of carbonyl (C=O) groups is 1. The third-order valence-corrected chi connectivity index (χ3v) is 3.06. The lowest BCUT2D eigenvalue weighted by molar-refractivity contribution is -0.130. The third-order valence-electron chi connectivity index (χ3n) is 3.06. The molecule has 17 heavy (non-hydrogen) atoms. The third kappa shape index (κ3) is 2.13. The van der Waals surface area contributed by atoms with E-state index in [2.05, 4.69) is 0 Å². The van der Waals surface area contributed by atoms with Crippen LogP contribution in [-0.4, -0.2) is 26.1 Å². The van der Waals surface area contributed by atoms with E-state index in [4.69, 9.17) is 14.2 Å². The molecule has 4 nitrogen and oxygen atoms in total. The van der Waals surface area contributed by atoms with Crippen molar-refractivity contribution in [2.45, 2.75) is 26.1 Å². The van der Waals surface area contributed by atoms with Gasteiger partial charge < -0.3 is 14.2 Å². The zero-order chi connectivity index (χ0) is 12.4. The Morgan fingerprint density at radius 1 is 1.24 bits per heavy atom. The fourth-order valence-corrected chi connectivity index (χ4v) is 2.10. The Hall–Kier alpha value is -1.55. The molecule has 0 spiro atoms. The van der Waals surface area contributed by atoms with Gasteiger partial charge in [0.15, 0.2) is 5.78 Å². The van der Waals surface area contributed by atoms with Gasteiger partial charge in [0.05, 0.1) is 20.8 Å². The molecule has 2 rings (SSSR count). The largest absolute Gasteiger partial charge is 0.496 e. The van der Waals surface area contributed by atoms with Gasteiger partial charge in [0.2, 0.25) is 0 Å². The summed E-state index contributed by atoms with van der Waals surface area (Å²) in [6, 6.07) is 3.72. The van der Waals surface area contributed by atoms with Crippen LogP contribution >= 0.6 is 0 Å². The average Bonchev–Trinajstić information content (AvgIpc) is 2.36. The number of carbonyl (C=O) groups excluding carboxylic acids is 1. The van der Waals surface area contributed by atoms with E-state index in [0.29, 0.717) is 13.0 Å². The highest BCUT2D eigenvalue weighted by Gasteiger charge is 2.27. The second-order valence-electron chi connectivity index (χ2n) is 4.04. The van der Waals surface area contributed by atoms with Crippen molar-refractivity contribution in [3.63, 3.8) is 0 Å². The summed E-state index contributed by atoms with van der Waals surface area (Å²) in [5.41, 5.74) is 1.99. The number of benzene rings is 1. The van der Waals surface area contributed by atoms with Gasteiger partial charge in [-0.25, -0.2) is 0 Å². The molecular formula is C13H16O4. The zero-order valence-corrected chi connectivity index (χ0v) is 10.3. The highest BCUT2D eigenvalue weighted by atomic mass is 16.5. The van der Waals surface area contributed by atoms with Crippen LogP contribution in [0.25, 0.3) is 0 Å². The molecule has 0 fully saturated rings. The second kappa shape index (κ2) is 4.75. The summed E-state index contributed by atoms with van der Waals surface area (Å²) in [4.78, 5) is 11.4. The molecule has 0 N–H and O–H groups in total. The van der Waals surface area contributed by atoms with Crippen molar-refractivity contribution in [3.8, 4) is 11.5 Å². The van der Waals surface area contributed by atoms with Crippen molar-refractivity contribution in [2.75, 3.05) is 14.2 Å². The van der Waals surface area contributed by atoms with E-state index < -0.39 is 0 Å². The number of ketones is 1. The van der Waals surface area contributed by atoms with Crippen molar-refractivity contribution in [3.05, 3.63) is 23.3 Å². The predicted octanol–water partition coefficient (Wildman–Crippen LogP) is 1.73. The summed E-state index contributed by atoms with van der Waals surface area (Å²) in [5, 5.41) is 0. The lowest BCUT2D eigenvalue weighted by atomic mass is 9.95. The lowest BCUT2D eigenvalue weighted by Gasteiger charge is -2.26. The SMILES string of the molecule is COc1ccc(OC)c2c1COC(C(C)=O)C2. The first kappa shape index (κ1) is 11.9. The normalized spacial score (nSPS) is 18.4. The standard InChI is InChI=1S/C13H16O4/c1-8(14)13-6-9-10(7-17-13)12(16-3)5-4-11(9)15-2/h4-5,13H,6-7H2,1-3H3. The van der Waals surface area contributed by atoms with Crippen molar-refractivity contribution < 1.29 is 19.0 Å². The summed E-state index contributed by atoms with van der Waals surface area (Å²) in [7, 11) is 3.25. The van der Waals surface area contributed by atoms with Crippen LogP contribution in [0.4, 0.5) is 0 Å². The molecule has 0 aliphatic carbocycles. The van der Waals surface area contributed by atoms with Gasteiger partial charge in [0.1, 0.15) is 17.6 Å². The fraction of sp³-hybridized carbons (Fsp3) is 0.462. The predicted molar refractivity (Wildman–Crippen MR) is 62.5 cm³/mol. The number of ether oxygens (including phenoxy) is 3. The summed E-state index contributed by atoms with van der Waals surface area (Å²) < 4.78 is 16.1. The molecule has 0 amide bonds. The first-order valence-electron chi connectivity index (χ1n) is 5.52. The zero-order valence-electron chi connectivity index (χ0n) is 10.3. The van der Waals surface area contributed by atoms with Crippen LogP contribution in [-0.2, 0) is 22.6 Å². The summed E-state index contributed by atoms with van der Waals surface area (Å²) >= 11 is 0. The molecule has 0 aromatic heterocycles. The molecule has 0 saturated carbocycles. The highest BCUT2D eigenvalue weighted by Crippen LogP contribution is 2.35. The molecule has 1 unspecified atom stereocenters. The maximum atomic E-state index is 11.4. The van der Waals surface area contributed by atoms with Crippen LogP contribution in [0.3, 0.4) is 0 Å². The Labute approximate surface area is 100 Å². The average molecular weight is 236 g/mol. The van der Waals surface area contributed by atoms with E-state index in [-0.39, 0.29) is 11.9 Å². The minimum absolute atomic E-state index is 0.0422. The van der Waals surface area contributed by atoms with Gasteiger partial charge in [-0.1, -0.05) is 0 Å². The first-order valence-corrected chi connectivity index (χ1v) is 5.52. The molecule has 0 radical (unpaired) electrons. The Balaban J connectivity index is 2.43. The van der Waals surface area contributed by atoms with Crippen LogP contribution < -0.4 is 9.47 Å². The Bertz CT molecular complexity index is 439. The monoisotopic (exact) mass is 236 g/mol. The van der Waals surface area contributed by atoms with E-state index in [1.165, 1.54) is 0 Å². The maximum absolute atomic E-state index is 11.4. The van der Waals surface area contributed by atoms with Crippen molar-refractivity contribution in [2.24, 2.45) is 0 Å². The number of hydrogen-bond acceptors (Lipinski definition) is 4. The van der Waals surface area contributed by atoms with E-state index in [9.17, 15) is 4.79 Å². The molecule has 1 aliphatic heterocycles. The second-order valence-corrected chi connectivity index (χ2v) is 4.04. The van der Waals surface area contributed by atoms with E-state index in [0.717, 1.165) is 22.6 Å². The summed E-state index contributed by atoms with van der Waals surface area (Å²) in [6.07, 6.45) is 0.175. The molecule has 1 atom stereocenters. The Morgan fingerprint density at radius 2 is 1.82 bits per heavy atom. The number of methoxy groups -OCH3 is 2. The topological polar surface area (TPSA) is 44.8 Å². The van der Waals surface area contributed by atoms with Crippen LogP contribution in [0.1, 0.15) is 18.1 Å². The molecular weight excluding hydrogens is 220 g/mol. The molecule has 92 valence electrons. The number of rotatable bonds is 3. The summed E-state index contributed by atoms with van der Waals surface area (Å²) in [5.74, 6) is 1.61. The van der Waals surface area contributed by atoms with Crippen LogP contribution in [0, 0.1) is 0 Å². The minimum Gasteiger partial charge on any atom is -0.496 e. The summed E-state index contributed by atoms with van der Waals surface area (Å²) in [6.45, 7) is 1.93. The van der Waals surface area contributed by atoms with Gasteiger partial charge >= 0.3 is 0 Å². The Morgan fingerprint density at radius 3 is 2.35 bits per heavy atom. The number of hydrogen-bond donors (Lipinski definition) is 0. The Kier molecular flexibility index (Phi) is 3.33. The number of Topliss-reactive ketones (excluding diaryl/α,β-unsaturated/α-hetero) is 1. The molecule has 1 heterocycles. The molecule has 0 bridgehead atoms. The van der Waals surface area contributed by atoms with E-state index in [1.54, 1.807) is 21.1 Å². The molecule has 1 aliphatic rings. The lowest BCUT2D eigenvalue weighted by Crippen LogP contribution is -2.29. The first-order chi connectivity index (χ1) is 8.17. The van der Waals surface area contributed by atoms with Crippen LogP contribution in [0.2, 0.25) is 0 Å². The van der Waals surface area contributed by atoms with E-state index in [1.807, 2.05) is 12.1 Å². The van der Waals surface area contributed by atoms with Crippen molar-refractivity contribution >= 4 is 5.78 Å². The quantitative estimate of drug-likeness (QED) is 0.801. The molecule has 1 aromatic carbocycles. The molecule has 0 saturated heterocycles. The van der Waals surface area contributed by atoms with E-state index >= 15 is 0 Å². The maximum Gasteiger partial charge on any atom is 0.158 e. The number of fused-ring (bicyclic) bond motifs is 1. The van der Waals surface area contributed by atoms with Gasteiger partial charge in [0, 0.05) is 17.5 Å². The van der Waals surface area contributed by atoms with Crippen LogP contribution in [0.5, 0.6) is 11.5 Å². The van der Waals surface area contributed by atoms with Gasteiger partial charge in [-0.3, -0.25) is 4.79 Å². The smallest absolute Gasteiger partial charge is 0.158 e. The minimum atomic E-state index is -0.372. The molecule has 4 heteroatoms. The van der Waals surface area contributed by atoms with Crippen molar-refractivity contribution in [1.82, 2.24) is 0 Å². The fourth-order valence-electron chi connectivity index (χ4n) is 2.10. The van der Waals surface area contributed by atoms with Gasteiger partial charge in [-0.05, 0) is 19.1 Å². The highest BCUT2D eigenvalue weighted by molar-refractivity contribution is 5.81. The van der Waals surface area contributed by atoms with Gasteiger partial charge in [-0.15, -0.1) is 0 Å². The van der Waals surface area contributed by atoms with Gasteiger partial charge in [-0.2, -0.15) is 0 Å². The van der Waals surface area contributed by atoms with Crippen LogP contribution in [0.15, 0.2) is 12.1 Å².